The third-order valence-electron chi connectivity index (χ3n) is 4.02. The number of hydrogen-bond donors (Lipinski definition) is 1. The topological polar surface area (TPSA) is 44.6 Å². The van der Waals surface area contributed by atoms with Gasteiger partial charge in [-0.3, -0.25) is 4.90 Å². The molecule has 1 rings (SSSR count). The molecule has 1 unspecified atom stereocenters. The molecular weight excluding hydrogens is 286 g/mol. The molecule has 0 aromatic heterocycles. The minimum absolute atomic E-state index is 0.972. The van der Waals surface area contributed by atoms with Crippen LogP contribution in [0.2, 0.25) is 0 Å². The Bertz CT molecular complexity index is 344. The van der Waals surface area contributed by atoms with Crippen molar-refractivity contribution < 1.29 is 14.8 Å². The minimum Gasteiger partial charge on any atom is -0.550 e. The Hall–Kier alpha value is -1.09. The molecule has 0 aliphatic carbocycles. The maximum absolute atomic E-state index is 8.89. The first-order chi connectivity index (χ1) is 11.1. The Balaban J connectivity index is 0.00000108. The Kier molecular flexibility index (Phi) is 15.0. The summed E-state index contributed by atoms with van der Waals surface area (Å²) in [5, 5.41) is 8.89. The van der Waals surface area contributed by atoms with Crippen LogP contribution in [-0.2, 0) is 4.79 Å². The van der Waals surface area contributed by atoms with Crippen LogP contribution in [0.4, 0.5) is 0 Å². The van der Waals surface area contributed by atoms with E-state index in [0.717, 1.165) is 6.92 Å². The Morgan fingerprint density at radius 3 is 2.04 bits per heavy atom. The predicted molar refractivity (Wildman–Crippen MR) is 95.9 cm³/mol. The SMILES string of the molecule is CC(=O)[O-].CCCCCCCCCC[NH+]1C=CC(CCCC)=C1. The summed E-state index contributed by atoms with van der Waals surface area (Å²) in [5.41, 5.74) is 1.55. The van der Waals surface area contributed by atoms with Crippen LogP contribution in [0.15, 0.2) is 24.0 Å². The number of hydrogen-bond acceptors (Lipinski definition) is 2. The first-order valence-electron chi connectivity index (χ1n) is 9.52. The van der Waals surface area contributed by atoms with Crippen molar-refractivity contribution >= 4 is 5.97 Å². The lowest BCUT2D eigenvalue weighted by Crippen LogP contribution is -3.01. The predicted octanol–water partition coefficient (Wildman–Crippen LogP) is 3.37. The van der Waals surface area contributed by atoms with Crippen molar-refractivity contribution in [2.24, 2.45) is 0 Å². The molecule has 0 radical (unpaired) electrons. The van der Waals surface area contributed by atoms with Crippen molar-refractivity contribution in [1.82, 2.24) is 0 Å². The summed E-state index contributed by atoms with van der Waals surface area (Å²) in [7, 11) is 0. The lowest BCUT2D eigenvalue weighted by molar-refractivity contribution is -0.788. The van der Waals surface area contributed by atoms with Crippen LogP contribution in [-0.4, -0.2) is 12.5 Å². The second-order valence-electron chi connectivity index (χ2n) is 6.45. The number of carbonyl (C=O) groups excluding carboxylic acids is 1. The largest absolute Gasteiger partial charge is 0.550 e. The molecule has 0 saturated heterocycles. The molecule has 23 heavy (non-hydrogen) atoms. The van der Waals surface area contributed by atoms with E-state index >= 15 is 0 Å². The highest BCUT2D eigenvalue weighted by Crippen LogP contribution is 2.10. The highest BCUT2D eigenvalue weighted by Gasteiger charge is 2.09. The zero-order chi connectivity index (χ0) is 17.3. The third kappa shape index (κ3) is 15.6. The summed E-state index contributed by atoms with van der Waals surface area (Å²) in [6, 6.07) is 0. The van der Waals surface area contributed by atoms with Gasteiger partial charge in [-0.2, -0.15) is 0 Å². The Morgan fingerprint density at radius 2 is 1.48 bits per heavy atom. The number of carbonyl (C=O) groups is 1. The molecule has 0 saturated carbocycles. The van der Waals surface area contributed by atoms with Crippen LogP contribution < -0.4 is 10.0 Å². The van der Waals surface area contributed by atoms with Gasteiger partial charge in [0.25, 0.3) is 0 Å². The van der Waals surface area contributed by atoms with Crippen molar-refractivity contribution in [3.63, 3.8) is 0 Å². The van der Waals surface area contributed by atoms with E-state index in [-0.39, 0.29) is 0 Å². The molecule has 1 heterocycles. The highest BCUT2D eigenvalue weighted by atomic mass is 16.4. The van der Waals surface area contributed by atoms with E-state index in [1.807, 2.05) is 0 Å². The van der Waals surface area contributed by atoms with Crippen LogP contribution in [0.5, 0.6) is 0 Å². The number of carboxylic acid groups (broad SMARTS) is 1. The van der Waals surface area contributed by atoms with Gasteiger partial charge in [0.05, 0.1) is 12.7 Å². The average molecular weight is 324 g/mol. The molecule has 3 nitrogen and oxygen atoms in total. The van der Waals surface area contributed by atoms with Gasteiger partial charge in [-0.15, -0.1) is 0 Å². The smallest absolute Gasteiger partial charge is 0.102 e. The maximum Gasteiger partial charge on any atom is 0.102 e. The summed E-state index contributed by atoms with van der Waals surface area (Å²) >= 11 is 0. The molecule has 0 aromatic carbocycles. The van der Waals surface area contributed by atoms with E-state index in [1.165, 1.54) is 77.2 Å². The zero-order valence-electron chi connectivity index (χ0n) is 15.5. The van der Waals surface area contributed by atoms with E-state index in [1.54, 1.807) is 10.5 Å². The molecule has 134 valence electrons. The molecule has 0 aromatic rings. The van der Waals surface area contributed by atoms with Crippen LogP contribution in [0.3, 0.4) is 0 Å². The number of allylic oxidation sites excluding steroid dienone is 2. The van der Waals surface area contributed by atoms with Gasteiger partial charge in [-0.05, 0) is 32.6 Å². The van der Waals surface area contributed by atoms with Gasteiger partial charge in [0.2, 0.25) is 0 Å². The van der Waals surface area contributed by atoms with Gasteiger partial charge in [0.1, 0.15) is 6.20 Å². The Labute approximate surface area is 143 Å². The van der Waals surface area contributed by atoms with Crippen molar-refractivity contribution in [1.29, 1.82) is 0 Å². The number of quaternary nitrogens is 1. The van der Waals surface area contributed by atoms with Crippen molar-refractivity contribution in [3.05, 3.63) is 24.0 Å². The van der Waals surface area contributed by atoms with E-state index in [4.69, 9.17) is 9.90 Å². The van der Waals surface area contributed by atoms with E-state index in [2.05, 4.69) is 32.3 Å². The molecule has 1 atom stereocenters. The van der Waals surface area contributed by atoms with Crippen LogP contribution in [0.1, 0.15) is 91.4 Å². The van der Waals surface area contributed by atoms with Crippen LogP contribution >= 0.6 is 0 Å². The fraction of sp³-hybridized carbons (Fsp3) is 0.750. The van der Waals surface area contributed by atoms with Gasteiger partial charge < -0.3 is 9.90 Å². The summed E-state index contributed by atoms with van der Waals surface area (Å²) in [6.45, 7) is 6.82. The molecular formula is C20H37NO2. The lowest BCUT2D eigenvalue weighted by Gasteiger charge is -2.06. The second-order valence-corrected chi connectivity index (χ2v) is 6.45. The monoisotopic (exact) mass is 323 g/mol. The molecule has 0 fully saturated rings. The van der Waals surface area contributed by atoms with E-state index in [9.17, 15) is 0 Å². The van der Waals surface area contributed by atoms with Gasteiger partial charge in [-0.1, -0.05) is 58.8 Å². The standard InChI is InChI=1S/C18H33N.C2H4O2/c1-3-5-7-8-9-10-11-12-15-19-16-14-18(17-19)13-6-4-2;1-2(3)4/h14,16-17H,3-13,15H2,1-2H3;1H3,(H,3,4). The lowest BCUT2D eigenvalue weighted by atomic mass is 10.1. The third-order valence-corrected chi connectivity index (χ3v) is 4.02. The van der Waals surface area contributed by atoms with Crippen molar-refractivity contribution in [2.45, 2.75) is 91.4 Å². The number of carboxylic acids is 1. The van der Waals surface area contributed by atoms with Gasteiger partial charge in [0.15, 0.2) is 0 Å². The summed E-state index contributed by atoms with van der Waals surface area (Å²) < 4.78 is 0. The summed E-state index contributed by atoms with van der Waals surface area (Å²) in [5.74, 6) is -1.08. The first-order valence-corrected chi connectivity index (χ1v) is 9.52. The van der Waals surface area contributed by atoms with E-state index < -0.39 is 5.97 Å². The van der Waals surface area contributed by atoms with Crippen molar-refractivity contribution in [3.8, 4) is 0 Å². The normalized spacial score (nSPS) is 16.0. The molecule has 1 aliphatic rings. The quantitative estimate of drug-likeness (QED) is 0.560. The van der Waals surface area contributed by atoms with Gasteiger partial charge in [-0.25, -0.2) is 0 Å². The molecule has 1 aliphatic heterocycles. The van der Waals surface area contributed by atoms with Gasteiger partial charge in [0, 0.05) is 17.6 Å². The highest BCUT2D eigenvalue weighted by molar-refractivity contribution is 5.60. The van der Waals surface area contributed by atoms with E-state index in [0.29, 0.717) is 0 Å². The Morgan fingerprint density at radius 1 is 0.957 bits per heavy atom. The average Bonchev–Trinajstić information content (AvgIpc) is 2.95. The molecule has 0 spiro atoms. The fourth-order valence-corrected chi connectivity index (χ4v) is 2.70. The summed E-state index contributed by atoms with van der Waals surface area (Å²) in [6.07, 6.45) is 22.4. The van der Waals surface area contributed by atoms with Crippen LogP contribution in [0, 0.1) is 0 Å². The van der Waals surface area contributed by atoms with Gasteiger partial charge >= 0.3 is 0 Å². The number of unbranched alkanes of at least 4 members (excludes halogenated alkanes) is 8. The molecule has 1 N–H and O–H groups in total. The number of aliphatic carboxylic acids is 1. The molecule has 3 heteroatoms. The van der Waals surface area contributed by atoms with Crippen molar-refractivity contribution in [2.75, 3.05) is 6.54 Å². The molecule has 0 bridgehead atoms. The minimum atomic E-state index is -1.08. The second kappa shape index (κ2) is 15.8. The fourth-order valence-electron chi connectivity index (χ4n) is 2.70. The first kappa shape index (κ1) is 21.9. The number of nitrogens with one attached hydrogen (secondary N) is 1. The molecule has 0 amide bonds. The van der Waals surface area contributed by atoms with Crippen LogP contribution in [0.25, 0.3) is 0 Å². The maximum atomic E-state index is 8.89. The zero-order valence-corrected chi connectivity index (χ0v) is 15.5. The number of rotatable bonds is 12. The summed E-state index contributed by atoms with van der Waals surface area (Å²) in [4.78, 5) is 10.5.